The molecule has 1 saturated carbocycles. The van der Waals surface area contributed by atoms with Gasteiger partial charge in [0.1, 0.15) is 11.0 Å². The Hall–Kier alpha value is -2.59. The van der Waals surface area contributed by atoms with E-state index in [4.69, 9.17) is 9.57 Å². The number of carbonyl (C=O) groups is 2. The zero-order chi connectivity index (χ0) is 21.5. The first-order valence-corrected chi connectivity index (χ1v) is 12.0. The third kappa shape index (κ3) is 5.73. The van der Waals surface area contributed by atoms with Gasteiger partial charge in [0.2, 0.25) is 0 Å². The average molecular weight is 450 g/mol. The highest BCUT2D eigenvalue weighted by Crippen LogP contribution is 2.22. The van der Waals surface area contributed by atoms with Gasteiger partial charge in [0, 0.05) is 27.5 Å². The van der Waals surface area contributed by atoms with Crippen molar-refractivity contribution < 1.29 is 23.4 Å². The maximum Gasteiger partial charge on any atom is 0.350 e. The maximum atomic E-state index is 12.9. The maximum absolute atomic E-state index is 12.9. The molecular weight excluding hydrogens is 426 g/mol. The molecule has 1 aromatic carbocycles. The molecule has 1 amide bonds. The lowest BCUT2D eigenvalue weighted by Gasteiger charge is -2.10. The monoisotopic (exact) mass is 449 g/mol. The van der Waals surface area contributed by atoms with Crippen molar-refractivity contribution in [1.29, 1.82) is 0 Å². The summed E-state index contributed by atoms with van der Waals surface area (Å²) in [5.41, 5.74) is 0.616. The summed E-state index contributed by atoms with van der Waals surface area (Å²) in [4.78, 5) is 35.3. The molecule has 1 atom stereocenters. The van der Waals surface area contributed by atoms with E-state index in [0.29, 0.717) is 15.3 Å². The number of rotatable bonds is 8. The first-order chi connectivity index (χ1) is 14.5. The Morgan fingerprint density at radius 2 is 1.97 bits per heavy atom. The van der Waals surface area contributed by atoms with Crippen LogP contribution in [0.25, 0.3) is 0 Å². The van der Waals surface area contributed by atoms with Gasteiger partial charge in [-0.1, -0.05) is 28.6 Å². The van der Waals surface area contributed by atoms with Crippen LogP contribution in [0.1, 0.15) is 47.8 Å². The number of oxime groups is 1. The number of carbonyl (C=O) groups excluding carboxylic acids is 2. The fourth-order valence-corrected chi connectivity index (χ4v) is 4.16. The summed E-state index contributed by atoms with van der Waals surface area (Å²) < 4.78 is 16.6. The van der Waals surface area contributed by atoms with E-state index in [1.165, 1.54) is 6.20 Å². The summed E-state index contributed by atoms with van der Waals surface area (Å²) in [6, 6.07) is 6.73. The van der Waals surface area contributed by atoms with E-state index in [9.17, 15) is 13.8 Å². The molecule has 10 heteroatoms. The molecule has 1 aromatic heterocycles. The second-order valence-corrected chi connectivity index (χ2v) is 9.04. The minimum Gasteiger partial charge on any atom is -0.462 e. The van der Waals surface area contributed by atoms with Gasteiger partial charge in [-0.25, -0.2) is 9.78 Å². The normalized spacial score (nSPS) is 15.6. The van der Waals surface area contributed by atoms with Gasteiger partial charge in [0.15, 0.2) is 10.8 Å². The van der Waals surface area contributed by atoms with Crippen LogP contribution in [0.5, 0.6) is 0 Å². The molecule has 0 spiro atoms. The van der Waals surface area contributed by atoms with Crippen LogP contribution in [0.3, 0.4) is 0 Å². The summed E-state index contributed by atoms with van der Waals surface area (Å²) >= 11 is 1.02. The fourth-order valence-electron chi connectivity index (χ4n) is 2.94. The number of esters is 1. The predicted molar refractivity (Wildman–Crippen MR) is 115 cm³/mol. The van der Waals surface area contributed by atoms with E-state index < -0.39 is 22.7 Å². The zero-order valence-electron chi connectivity index (χ0n) is 16.8. The average Bonchev–Trinajstić information content (AvgIpc) is 3.41. The second kappa shape index (κ2) is 10.4. The quantitative estimate of drug-likeness (QED) is 0.376. The lowest BCUT2D eigenvalue weighted by molar-refractivity contribution is -0.110. The molecule has 0 radical (unpaired) electrons. The summed E-state index contributed by atoms with van der Waals surface area (Å²) in [7, 11) is -1.13. The van der Waals surface area contributed by atoms with Gasteiger partial charge >= 0.3 is 5.97 Å². The van der Waals surface area contributed by atoms with E-state index in [-0.39, 0.29) is 23.6 Å². The number of nitrogens with zero attached hydrogens (tertiary/aromatic N) is 2. The molecule has 0 aliphatic heterocycles. The van der Waals surface area contributed by atoms with Gasteiger partial charge in [0.05, 0.1) is 12.8 Å². The number of benzene rings is 1. The van der Waals surface area contributed by atoms with E-state index in [1.54, 1.807) is 37.4 Å². The highest BCUT2D eigenvalue weighted by atomic mass is 32.2. The van der Waals surface area contributed by atoms with Crippen LogP contribution in [0, 0.1) is 0 Å². The largest absolute Gasteiger partial charge is 0.462 e. The fraction of sp³-hybridized carbons (Fsp3) is 0.400. The summed E-state index contributed by atoms with van der Waals surface area (Å²) in [5, 5.41) is 7.05. The number of hydrogen-bond donors (Lipinski definition) is 1. The Kier molecular flexibility index (Phi) is 7.69. The minimum absolute atomic E-state index is 0.00880. The Balaban J connectivity index is 1.80. The number of anilines is 1. The van der Waals surface area contributed by atoms with E-state index in [0.717, 1.165) is 37.0 Å². The second-order valence-electron chi connectivity index (χ2n) is 6.63. The first kappa shape index (κ1) is 22.1. The van der Waals surface area contributed by atoms with Gasteiger partial charge in [-0.3, -0.25) is 14.3 Å². The number of aromatic nitrogens is 1. The smallest absolute Gasteiger partial charge is 0.350 e. The summed E-state index contributed by atoms with van der Waals surface area (Å²) in [6.45, 7) is 1.97. The van der Waals surface area contributed by atoms with Crippen LogP contribution in [0.15, 0.2) is 40.5 Å². The van der Waals surface area contributed by atoms with Crippen molar-refractivity contribution in [1.82, 2.24) is 4.98 Å². The molecule has 1 aliphatic rings. The standard InChI is InChI=1S/C20H23N3O5S2/c1-3-27-19(25)16-12-21-20(29-16)22-18(24)17(23-28-14-6-4-5-7-14)13-8-10-15(11-9-13)30(2)26/h8-12,14H,3-7H2,1-2H3,(H,21,22,24). The molecule has 0 bridgehead atoms. The summed E-state index contributed by atoms with van der Waals surface area (Å²) in [5.74, 6) is -1.000. The van der Waals surface area contributed by atoms with Crippen molar-refractivity contribution in [3.8, 4) is 0 Å². The Morgan fingerprint density at radius 1 is 1.27 bits per heavy atom. The predicted octanol–water partition coefficient (Wildman–Crippen LogP) is 3.36. The molecule has 2 aromatic rings. The van der Waals surface area contributed by atoms with Crippen LogP contribution in [-0.2, 0) is 25.2 Å². The van der Waals surface area contributed by atoms with Crippen molar-refractivity contribution >= 4 is 44.9 Å². The van der Waals surface area contributed by atoms with Gasteiger partial charge in [0.25, 0.3) is 5.91 Å². The molecule has 30 heavy (non-hydrogen) atoms. The van der Waals surface area contributed by atoms with Gasteiger partial charge in [-0.05, 0) is 44.7 Å². The molecular formula is C20H23N3O5S2. The molecule has 160 valence electrons. The van der Waals surface area contributed by atoms with Crippen LogP contribution < -0.4 is 5.32 Å². The molecule has 1 unspecified atom stereocenters. The number of amides is 1. The molecule has 1 fully saturated rings. The van der Waals surface area contributed by atoms with Crippen LogP contribution >= 0.6 is 11.3 Å². The van der Waals surface area contributed by atoms with Gasteiger partial charge in [-0.15, -0.1) is 0 Å². The SMILES string of the molecule is CCOC(=O)c1cnc(NC(=O)C(=NOC2CCCC2)c2ccc(S(C)=O)cc2)s1. The van der Waals surface area contributed by atoms with Crippen molar-refractivity contribution in [2.24, 2.45) is 5.16 Å². The van der Waals surface area contributed by atoms with Crippen LogP contribution in [-0.4, -0.2) is 45.7 Å². The highest BCUT2D eigenvalue weighted by molar-refractivity contribution is 7.84. The lowest BCUT2D eigenvalue weighted by Crippen LogP contribution is -2.25. The Labute approximate surface area is 181 Å². The zero-order valence-corrected chi connectivity index (χ0v) is 18.4. The lowest BCUT2D eigenvalue weighted by atomic mass is 10.1. The Morgan fingerprint density at radius 3 is 2.60 bits per heavy atom. The topological polar surface area (TPSA) is 107 Å². The van der Waals surface area contributed by atoms with Gasteiger partial charge < -0.3 is 9.57 Å². The molecule has 1 heterocycles. The van der Waals surface area contributed by atoms with Crippen molar-refractivity contribution in [3.05, 3.63) is 40.9 Å². The molecule has 8 nitrogen and oxygen atoms in total. The molecule has 0 saturated heterocycles. The van der Waals surface area contributed by atoms with E-state index in [2.05, 4.69) is 15.5 Å². The molecule has 1 N–H and O–H groups in total. The van der Waals surface area contributed by atoms with Crippen molar-refractivity contribution in [3.63, 3.8) is 0 Å². The molecule has 3 rings (SSSR count). The number of hydrogen-bond acceptors (Lipinski definition) is 8. The van der Waals surface area contributed by atoms with Crippen LogP contribution in [0.4, 0.5) is 5.13 Å². The van der Waals surface area contributed by atoms with E-state index in [1.807, 2.05) is 0 Å². The summed E-state index contributed by atoms with van der Waals surface area (Å²) in [6.07, 6.45) is 6.90. The number of thiazole rings is 1. The van der Waals surface area contributed by atoms with Crippen LogP contribution in [0.2, 0.25) is 0 Å². The number of nitrogens with one attached hydrogen (secondary N) is 1. The third-order valence-corrected chi connectivity index (χ3v) is 6.30. The van der Waals surface area contributed by atoms with E-state index >= 15 is 0 Å². The van der Waals surface area contributed by atoms with Crippen molar-refractivity contribution in [2.45, 2.75) is 43.6 Å². The minimum atomic E-state index is -1.13. The number of ether oxygens (including phenoxy) is 1. The van der Waals surface area contributed by atoms with Crippen molar-refractivity contribution in [2.75, 3.05) is 18.2 Å². The molecule has 1 aliphatic carbocycles. The first-order valence-electron chi connectivity index (χ1n) is 9.60. The Bertz CT molecular complexity index is 950. The highest BCUT2D eigenvalue weighted by Gasteiger charge is 2.21. The van der Waals surface area contributed by atoms with Gasteiger partial charge in [-0.2, -0.15) is 0 Å². The third-order valence-electron chi connectivity index (χ3n) is 4.47.